The van der Waals surface area contributed by atoms with E-state index < -0.39 is 11.0 Å². The first-order valence-electron chi connectivity index (χ1n) is 5.77. The molecular formula is C13H15NO3. The van der Waals surface area contributed by atoms with Crippen molar-refractivity contribution in [2.24, 2.45) is 5.92 Å². The number of hydrogen-bond acceptors (Lipinski definition) is 3. The topological polar surface area (TPSA) is 63.4 Å². The zero-order chi connectivity index (χ0) is 12.3. The molecule has 2 rings (SSSR count). The smallest absolute Gasteiger partial charge is 0.269 e. The number of aliphatic hydroxyl groups excluding tert-OH is 1. The highest BCUT2D eigenvalue weighted by molar-refractivity contribution is 5.35. The number of allylic oxidation sites excluding steroid dienone is 1. The van der Waals surface area contributed by atoms with E-state index in [9.17, 15) is 15.2 Å². The van der Waals surface area contributed by atoms with E-state index >= 15 is 0 Å². The number of hydrogen-bond donors (Lipinski definition) is 1. The van der Waals surface area contributed by atoms with Crippen molar-refractivity contribution in [1.29, 1.82) is 0 Å². The number of nitro groups is 1. The van der Waals surface area contributed by atoms with Gasteiger partial charge in [0.25, 0.3) is 5.69 Å². The van der Waals surface area contributed by atoms with E-state index in [1.165, 1.54) is 12.1 Å². The summed E-state index contributed by atoms with van der Waals surface area (Å²) in [6.07, 6.45) is 6.47. The second-order valence-corrected chi connectivity index (χ2v) is 4.32. The van der Waals surface area contributed by atoms with E-state index in [1.807, 2.05) is 6.08 Å². The summed E-state index contributed by atoms with van der Waals surface area (Å²) in [6, 6.07) is 6.24. The maximum absolute atomic E-state index is 10.7. The molecule has 0 amide bonds. The van der Waals surface area contributed by atoms with Gasteiger partial charge in [0.2, 0.25) is 0 Å². The van der Waals surface area contributed by atoms with Crippen LogP contribution in [0.5, 0.6) is 0 Å². The molecule has 1 N–H and O–H groups in total. The van der Waals surface area contributed by atoms with Gasteiger partial charge in [-0.25, -0.2) is 0 Å². The summed E-state index contributed by atoms with van der Waals surface area (Å²) in [4.78, 5) is 10.2. The minimum absolute atomic E-state index is 0.0290. The highest BCUT2D eigenvalue weighted by atomic mass is 16.6. The Morgan fingerprint density at radius 3 is 2.94 bits per heavy atom. The van der Waals surface area contributed by atoms with Crippen molar-refractivity contribution < 1.29 is 10.0 Å². The minimum Gasteiger partial charge on any atom is -0.388 e. The van der Waals surface area contributed by atoms with Crippen LogP contribution in [0.3, 0.4) is 0 Å². The molecule has 0 spiro atoms. The molecule has 1 aliphatic carbocycles. The highest BCUT2D eigenvalue weighted by Crippen LogP contribution is 2.31. The summed E-state index contributed by atoms with van der Waals surface area (Å²) in [5, 5.41) is 20.8. The van der Waals surface area contributed by atoms with Crippen molar-refractivity contribution in [2.75, 3.05) is 0 Å². The van der Waals surface area contributed by atoms with Crippen LogP contribution >= 0.6 is 0 Å². The van der Waals surface area contributed by atoms with Crippen molar-refractivity contribution in [1.82, 2.24) is 0 Å². The molecular weight excluding hydrogens is 218 g/mol. The molecule has 0 aromatic heterocycles. The molecule has 90 valence electrons. The zero-order valence-electron chi connectivity index (χ0n) is 9.45. The fraction of sp³-hybridized carbons (Fsp3) is 0.385. The second-order valence-electron chi connectivity index (χ2n) is 4.32. The normalized spacial score (nSPS) is 21.1. The summed E-state index contributed by atoms with van der Waals surface area (Å²) in [5.74, 6) is 0.0748. The zero-order valence-corrected chi connectivity index (χ0v) is 9.45. The molecule has 0 heterocycles. The first-order valence-corrected chi connectivity index (χ1v) is 5.77. The van der Waals surface area contributed by atoms with Crippen LogP contribution in [0.25, 0.3) is 0 Å². The lowest BCUT2D eigenvalue weighted by Gasteiger charge is -2.22. The molecule has 4 nitrogen and oxygen atoms in total. The van der Waals surface area contributed by atoms with Crippen LogP contribution in [-0.4, -0.2) is 10.0 Å². The minimum atomic E-state index is -0.647. The molecule has 1 aromatic rings. The summed E-state index contributed by atoms with van der Waals surface area (Å²) in [7, 11) is 0. The fourth-order valence-electron chi connectivity index (χ4n) is 2.17. The van der Waals surface area contributed by atoms with Crippen LogP contribution in [-0.2, 0) is 0 Å². The average Bonchev–Trinajstić information content (AvgIpc) is 2.39. The summed E-state index contributed by atoms with van der Waals surface area (Å²) in [5.41, 5.74) is 0.650. The van der Waals surface area contributed by atoms with Crippen LogP contribution in [0, 0.1) is 16.0 Å². The van der Waals surface area contributed by atoms with Crippen LogP contribution in [0.2, 0.25) is 0 Å². The molecule has 0 aliphatic heterocycles. The Hall–Kier alpha value is -1.68. The van der Waals surface area contributed by atoms with Crippen molar-refractivity contribution in [2.45, 2.75) is 25.4 Å². The molecule has 1 aromatic carbocycles. The van der Waals surface area contributed by atoms with E-state index in [4.69, 9.17) is 0 Å². The molecule has 0 radical (unpaired) electrons. The molecule has 17 heavy (non-hydrogen) atoms. The van der Waals surface area contributed by atoms with Gasteiger partial charge in [-0.05, 0) is 24.8 Å². The van der Waals surface area contributed by atoms with Gasteiger partial charge in [-0.15, -0.1) is 0 Å². The van der Waals surface area contributed by atoms with Crippen LogP contribution < -0.4 is 0 Å². The number of rotatable bonds is 3. The molecule has 0 bridgehead atoms. The van der Waals surface area contributed by atoms with E-state index in [0.717, 1.165) is 19.3 Å². The van der Waals surface area contributed by atoms with Crippen molar-refractivity contribution in [3.63, 3.8) is 0 Å². The third-order valence-corrected chi connectivity index (χ3v) is 3.12. The SMILES string of the molecule is O=[N+]([O-])c1cccc([C@@H](O)[C@H]2C=CCCC2)c1. The van der Waals surface area contributed by atoms with E-state index in [2.05, 4.69) is 6.08 Å². The van der Waals surface area contributed by atoms with Gasteiger partial charge in [-0.1, -0.05) is 24.3 Å². The van der Waals surface area contributed by atoms with Gasteiger partial charge in [-0.2, -0.15) is 0 Å². The number of nitro benzene ring substituents is 1. The van der Waals surface area contributed by atoms with Crippen LogP contribution in [0.1, 0.15) is 30.9 Å². The maximum atomic E-state index is 10.7. The Balaban J connectivity index is 2.20. The molecule has 2 atom stereocenters. The number of aliphatic hydroxyl groups is 1. The van der Waals surface area contributed by atoms with Gasteiger partial charge < -0.3 is 5.11 Å². The van der Waals surface area contributed by atoms with Crippen LogP contribution in [0.4, 0.5) is 5.69 Å². The monoisotopic (exact) mass is 233 g/mol. The molecule has 4 heteroatoms. The Labute approximate surface area is 99.7 Å². The van der Waals surface area contributed by atoms with Gasteiger partial charge in [0, 0.05) is 18.1 Å². The maximum Gasteiger partial charge on any atom is 0.269 e. The third kappa shape index (κ3) is 2.71. The van der Waals surface area contributed by atoms with Crippen molar-refractivity contribution in [3.8, 4) is 0 Å². The van der Waals surface area contributed by atoms with Gasteiger partial charge in [0.15, 0.2) is 0 Å². The Kier molecular flexibility index (Phi) is 3.54. The van der Waals surface area contributed by atoms with E-state index in [1.54, 1.807) is 12.1 Å². The highest BCUT2D eigenvalue weighted by Gasteiger charge is 2.21. The summed E-state index contributed by atoms with van der Waals surface area (Å²) in [6.45, 7) is 0. The second kappa shape index (κ2) is 5.10. The molecule has 0 unspecified atom stereocenters. The molecule has 0 saturated heterocycles. The Bertz CT molecular complexity index is 442. The Morgan fingerprint density at radius 1 is 1.47 bits per heavy atom. The van der Waals surface area contributed by atoms with E-state index in [0.29, 0.717) is 5.56 Å². The number of benzene rings is 1. The quantitative estimate of drug-likeness (QED) is 0.496. The number of non-ortho nitro benzene ring substituents is 1. The lowest BCUT2D eigenvalue weighted by molar-refractivity contribution is -0.385. The first kappa shape index (κ1) is 11.8. The molecule has 0 fully saturated rings. The first-order chi connectivity index (χ1) is 8.18. The Morgan fingerprint density at radius 2 is 2.29 bits per heavy atom. The standard InChI is InChI=1S/C13H15NO3/c15-13(10-5-2-1-3-6-10)11-7-4-8-12(9-11)14(16)17/h2,4-5,7-10,13,15H,1,3,6H2/t10-,13-/m0/s1. The van der Waals surface area contributed by atoms with E-state index in [-0.39, 0.29) is 11.6 Å². The predicted octanol–water partition coefficient (Wildman–Crippen LogP) is 2.98. The lowest BCUT2D eigenvalue weighted by Crippen LogP contribution is -2.12. The van der Waals surface area contributed by atoms with Crippen molar-refractivity contribution in [3.05, 3.63) is 52.1 Å². The van der Waals surface area contributed by atoms with Crippen LogP contribution in [0.15, 0.2) is 36.4 Å². The fourth-order valence-corrected chi connectivity index (χ4v) is 2.17. The van der Waals surface area contributed by atoms with Gasteiger partial charge >= 0.3 is 0 Å². The lowest BCUT2D eigenvalue weighted by atomic mass is 9.87. The molecule has 1 aliphatic rings. The summed E-state index contributed by atoms with van der Waals surface area (Å²) >= 11 is 0. The third-order valence-electron chi connectivity index (χ3n) is 3.12. The predicted molar refractivity (Wildman–Crippen MR) is 64.5 cm³/mol. The number of nitrogens with zero attached hydrogens (tertiary/aromatic N) is 1. The van der Waals surface area contributed by atoms with Crippen molar-refractivity contribution >= 4 is 5.69 Å². The largest absolute Gasteiger partial charge is 0.388 e. The summed E-state index contributed by atoms with van der Waals surface area (Å²) < 4.78 is 0. The van der Waals surface area contributed by atoms with Gasteiger partial charge in [0.05, 0.1) is 11.0 Å². The molecule has 0 saturated carbocycles. The van der Waals surface area contributed by atoms with Gasteiger partial charge in [-0.3, -0.25) is 10.1 Å². The average molecular weight is 233 g/mol. The van der Waals surface area contributed by atoms with Gasteiger partial charge in [0.1, 0.15) is 0 Å².